The second-order valence-electron chi connectivity index (χ2n) is 7.59. The Morgan fingerprint density at radius 3 is 2.34 bits per heavy atom. The monoisotopic (exact) mass is 394 g/mol. The van der Waals surface area contributed by atoms with Gasteiger partial charge in [0.25, 0.3) is 0 Å². The van der Waals surface area contributed by atoms with Crippen molar-refractivity contribution < 1.29 is 9.53 Å². The summed E-state index contributed by atoms with van der Waals surface area (Å²) in [7, 11) is 3.44. The van der Waals surface area contributed by atoms with Crippen molar-refractivity contribution in [3.8, 4) is 11.5 Å². The van der Waals surface area contributed by atoms with Crippen molar-refractivity contribution in [2.75, 3.05) is 5.32 Å². The normalized spacial score (nSPS) is 14.7. The number of hydrogen-bond donors (Lipinski definition) is 2. The van der Waals surface area contributed by atoms with Crippen molar-refractivity contribution in [1.82, 2.24) is 14.5 Å². The number of carbonyl (C=O) groups is 1. The lowest BCUT2D eigenvalue weighted by Crippen LogP contribution is -2.39. The Morgan fingerprint density at radius 2 is 1.66 bits per heavy atom. The van der Waals surface area contributed by atoms with E-state index < -0.39 is 0 Å². The lowest BCUT2D eigenvalue weighted by Gasteiger charge is -2.23. The third-order valence-corrected chi connectivity index (χ3v) is 5.53. The maximum Gasteiger partial charge on any atom is 0.328 e. The molecule has 0 aliphatic heterocycles. The maximum atomic E-state index is 12.6. The molecule has 4 rings (SSSR count). The van der Waals surface area contributed by atoms with E-state index in [0.717, 1.165) is 36.7 Å². The molecule has 1 aliphatic carbocycles. The molecule has 1 saturated carbocycles. The standard InChI is InChI=1S/C22H26N4O3/c1-25-18-13-17(24-21(27)23-15-9-5-3-6-10-15)20(14-19(18)26(2)22(25)28)29-16-11-7-4-8-12-16/h4,7-8,11-15H,3,5-6,9-10H2,1-2H3,(H2,23,24,27). The Labute approximate surface area is 169 Å². The lowest BCUT2D eigenvalue weighted by atomic mass is 9.96. The van der Waals surface area contributed by atoms with Crippen molar-refractivity contribution in [2.24, 2.45) is 14.1 Å². The molecule has 0 radical (unpaired) electrons. The zero-order valence-electron chi connectivity index (χ0n) is 16.8. The van der Waals surface area contributed by atoms with Crippen LogP contribution in [-0.4, -0.2) is 21.2 Å². The molecule has 1 aliphatic rings. The van der Waals surface area contributed by atoms with Crippen LogP contribution in [0.15, 0.2) is 47.3 Å². The molecule has 2 N–H and O–H groups in total. The average Bonchev–Trinajstić information content (AvgIpc) is 2.93. The van der Waals surface area contributed by atoms with Gasteiger partial charge in [0, 0.05) is 26.2 Å². The molecule has 0 unspecified atom stereocenters. The van der Waals surface area contributed by atoms with Gasteiger partial charge in [-0.05, 0) is 31.0 Å². The smallest absolute Gasteiger partial charge is 0.328 e. The number of ether oxygens (including phenoxy) is 1. The third kappa shape index (κ3) is 3.99. The van der Waals surface area contributed by atoms with Gasteiger partial charge in [-0.2, -0.15) is 0 Å². The van der Waals surface area contributed by atoms with Gasteiger partial charge in [-0.3, -0.25) is 9.13 Å². The number of aromatic nitrogens is 2. The molecule has 152 valence electrons. The van der Waals surface area contributed by atoms with Crippen molar-refractivity contribution >= 4 is 22.8 Å². The summed E-state index contributed by atoms with van der Waals surface area (Å²) in [5.74, 6) is 1.15. The summed E-state index contributed by atoms with van der Waals surface area (Å²) in [6.07, 6.45) is 5.53. The molecule has 0 atom stereocenters. The molecule has 3 aromatic rings. The number of fused-ring (bicyclic) bond motifs is 1. The number of para-hydroxylation sites is 1. The number of anilines is 1. The number of benzene rings is 2. The molecule has 7 nitrogen and oxygen atoms in total. The number of hydrogen-bond acceptors (Lipinski definition) is 3. The minimum Gasteiger partial charge on any atom is -0.455 e. The highest BCUT2D eigenvalue weighted by Crippen LogP contribution is 2.33. The van der Waals surface area contributed by atoms with Gasteiger partial charge in [0.2, 0.25) is 0 Å². The number of urea groups is 1. The van der Waals surface area contributed by atoms with Gasteiger partial charge in [0.05, 0.1) is 16.7 Å². The third-order valence-electron chi connectivity index (χ3n) is 5.53. The molecule has 2 amide bonds. The summed E-state index contributed by atoms with van der Waals surface area (Å²) in [5.41, 5.74) is 1.86. The zero-order chi connectivity index (χ0) is 20.4. The second kappa shape index (κ2) is 8.03. The molecule has 2 aromatic carbocycles. The summed E-state index contributed by atoms with van der Waals surface area (Å²) in [5, 5.41) is 5.98. The summed E-state index contributed by atoms with van der Waals surface area (Å²) in [4.78, 5) is 25.0. The van der Waals surface area contributed by atoms with E-state index in [1.54, 1.807) is 35.4 Å². The van der Waals surface area contributed by atoms with E-state index in [4.69, 9.17) is 4.74 Å². The first-order valence-corrected chi connectivity index (χ1v) is 10.0. The van der Waals surface area contributed by atoms with E-state index in [1.165, 1.54) is 6.42 Å². The van der Waals surface area contributed by atoms with Crippen LogP contribution in [-0.2, 0) is 14.1 Å². The summed E-state index contributed by atoms with van der Waals surface area (Å²) in [6, 6.07) is 12.9. The van der Waals surface area contributed by atoms with E-state index in [0.29, 0.717) is 17.2 Å². The fourth-order valence-corrected chi connectivity index (χ4v) is 3.91. The van der Waals surface area contributed by atoms with Crippen molar-refractivity contribution in [3.63, 3.8) is 0 Å². The van der Waals surface area contributed by atoms with Crippen molar-refractivity contribution in [2.45, 2.75) is 38.1 Å². The molecule has 0 bridgehead atoms. The van der Waals surface area contributed by atoms with Crippen LogP contribution >= 0.6 is 0 Å². The number of nitrogens with one attached hydrogen (secondary N) is 2. The zero-order valence-corrected chi connectivity index (χ0v) is 16.8. The molecular weight excluding hydrogens is 368 g/mol. The first kappa shape index (κ1) is 19.1. The molecule has 1 aromatic heterocycles. The maximum absolute atomic E-state index is 12.6. The SMILES string of the molecule is Cn1c(=O)n(C)c2cc(Oc3ccccc3)c(NC(=O)NC3CCCCC3)cc21. The number of aryl methyl sites for hydroxylation is 2. The molecule has 1 fully saturated rings. The quantitative estimate of drug-likeness (QED) is 0.699. The van der Waals surface area contributed by atoms with Crippen LogP contribution in [0.3, 0.4) is 0 Å². The highest BCUT2D eigenvalue weighted by molar-refractivity contribution is 5.95. The topological polar surface area (TPSA) is 77.3 Å². The number of imidazole rings is 1. The number of nitrogens with zero attached hydrogens (tertiary/aromatic N) is 2. The van der Waals surface area contributed by atoms with Crippen LogP contribution < -0.4 is 21.1 Å². The Balaban J connectivity index is 1.67. The minimum absolute atomic E-state index is 0.130. The molecular formula is C22H26N4O3. The van der Waals surface area contributed by atoms with Crippen molar-refractivity contribution in [3.05, 3.63) is 52.9 Å². The predicted octanol–water partition coefficient (Wildman–Crippen LogP) is 4.12. The summed E-state index contributed by atoms with van der Waals surface area (Å²) in [6.45, 7) is 0. The molecule has 0 spiro atoms. The number of rotatable bonds is 4. The van der Waals surface area contributed by atoms with Gasteiger partial charge < -0.3 is 15.4 Å². The van der Waals surface area contributed by atoms with E-state index in [1.807, 2.05) is 30.3 Å². The highest BCUT2D eigenvalue weighted by atomic mass is 16.5. The van der Waals surface area contributed by atoms with Crippen LogP contribution in [0.25, 0.3) is 11.0 Å². The first-order chi connectivity index (χ1) is 14.0. The van der Waals surface area contributed by atoms with Gasteiger partial charge in [-0.25, -0.2) is 9.59 Å². The molecule has 1 heterocycles. The minimum atomic E-state index is -0.255. The largest absolute Gasteiger partial charge is 0.455 e. The Bertz CT molecular complexity index is 1080. The van der Waals surface area contributed by atoms with E-state index >= 15 is 0 Å². The van der Waals surface area contributed by atoms with Gasteiger partial charge in [0.1, 0.15) is 5.75 Å². The van der Waals surface area contributed by atoms with E-state index in [9.17, 15) is 9.59 Å². The van der Waals surface area contributed by atoms with Gasteiger partial charge in [-0.1, -0.05) is 37.5 Å². The summed E-state index contributed by atoms with van der Waals surface area (Å²) >= 11 is 0. The Hall–Kier alpha value is -3.22. The van der Waals surface area contributed by atoms with Crippen molar-refractivity contribution in [1.29, 1.82) is 0 Å². The Kier molecular flexibility index (Phi) is 5.29. The van der Waals surface area contributed by atoms with Crippen LogP contribution in [0.1, 0.15) is 32.1 Å². The lowest BCUT2D eigenvalue weighted by molar-refractivity contribution is 0.244. The fraction of sp³-hybridized carbons (Fsp3) is 0.364. The number of carbonyl (C=O) groups excluding carboxylic acids is 1. The highest BCUT2D eigenvalue weighted by Gasteiger charge is 2.19. The number of amides is 2. The molecule has 7 heteroatoms. The van der Waals surface area contributed by atoms with Crippen LogP contribution in [0.4, 0.5) is 10.5 Å². The first-order valence-electron chi connectivity index (χ1n) is 10.0. The Morgan fingerprint density at radius 1 is 1.00 bits per heavy atom. The van der Waals surface area contributed by atoms with Crippen LogP contribution in [0.5, 0.6) is 11.5 Å². The fourth-order valence-electron chi connectivity index (χ4n) is 3.91. The molecule has 0 saturated heterocycles. The summed E-state index contributed by atoms with van der Waals surface area (Å²) < 4.78 is 9.18. The van der Waals surface area contributed by atoms with Gasteiger partial charge in [-0.15, -0.1) is 0 Å². The second-order valence-corrected chi connectivity index (χ2v) is 7.59. The van der Waals surface area contributed by atoms with E-state index in [-0.39, 0.29) is 17.8 Å². The molecule has 29 heavy (non-hydrogen) atoms. The predicted molar refractivity (Wildman–Crippen MR) is 114 cm³/mol. The van der Waals surface area contributed by atoms with E-state index in [2.05, 4.69) is 10.6 Å². The van der Waals surface area contributed by atoms with Gasteiger partial charge >= 0.3 is 11.7 Å². The average molecular weight is 394 g/mol. The van der Waals surface area contributed by atoms with Gasteiger partial charge in [0.15, 0.2) is 5.75 Å². The van der Waals surface area contributed by atoms with Crippen LogP contribution in [0.2, 0.25) is 0 Å². The van der Waals surface area contributed by atoms with Crippen LogP contribution in [0, 0.1) is 0 Å².